The molecule has 1 saturated heterocycles. The number of rotatable bonds is 5. The minimum atomic E-state index is -0.557. The lowest BCUT2D eigenvalue weighted by atomic mass is 9.95. The molecule has 108 valence electrons. The van der Waals surface area contributed by atoms with Gasteiger partial charge in [0.15, 0.2) is 0 Å². The Hall–Kier alpha value is -1.06. The van der Waals surface area contributed by atoms with Crippen molar-refractivity contribution in [2.45, 2.75) is 70.3 Å². The van der Waals surface area contributed by atoms with Crippen LogP contribution in [0.5, 0.6) is 0 Å². The molecule has 0 aromatic rings. The lowest BCUT2D eigenvalue weighted by Crippen LogP contribution is -2.55. The highest BCUT2D eigenvalue weighted by molar-refractivity contribution is 5.93. The minimum absolute atomic E-state index is 0.0475. The molecule has 0 atom stereocenters. The smallest absolute Gasteiger partial charge is 0.248 e. The van der Waals surface area contributed by atoms with Crippen molar-refractivity contribution < 1.29 is 9.59 Å². The van der Waals surface area contributed by atoms with E-state index >= 15 is 0 Å². The average molecular weight is 266 g/mol. The summed E-state index contributed by atoms with van der Waals surface area (Å²) in [5.41, 5.74) is -0.557. The van der Waals surface area contributed by atoms with Crippen LogP contribution in [0.3, 0.4) is 0 Å². The van der Waals surface area contributed by atoms with Crippen LogP contribution in [0.2, 0.25) is 0 Å². The third-order valence-electron chi connectivity index (χ3n) is 4.42. The summed E-state index contributed by atoms with van der Waals surface area (Å²) in [5.74, 6) is 0.221. The van der Waals surface area contributed by atoms with Crippen molar-refractivity contribution in [1.82, 2.24) is 10.2 Å². The standard InChI is InChI=1S/C15H26N2O2/c1-2-3-4-7-11-17-12-8-13(18)16-15(14(17)19)9-5-6-10-15/h2-12H2,1H3,(H,16,18). The van der Waals surface area contributed by atoms with E-state index in [1.165, 1.54) is 19.3 Å². The van der Waals surface area contributed by atoms with E-state index in [0.29, 0.717) is 13.0 Å². The van der Waals surface area contributed by atoms with Crippen LogP contribution >= 0.6 is 0 Å². The van der Waals surface area contributed by atoms with Crippen LogP contribution in [0, 0.1) is 0 Å². The lowest BCUT2D eigenvalue weighted by Gasteiger charge is -2.31. The average Bonchev–Trinajstić information content (AvgIpc) is 2.82. The molecule has 0 aromatic carbocycles. The molecule has 2 amide bonds. The van der Waals surface area contributed by atoms with Crippen LogP contribution in [-0.2, 0) is 9.59 Å². The molecule has 4 nitrogen and oxygen atoms in total. The second-order valence-electron chi connectivity index (χ2n) is 5.94. The van der Waals surface area contributed by atoms with Crippen LogP contribution in [0.1, 0.15) is 64.7 Å². The Morgan fingerprint density at radius 1 is 1.16 bits per heavy atom. The molecule has 0 bridgehead atoms. The zero-order chi connectivity index (χ0) is 13.7. The maximum absolute atomic E-state index is 12.7. The van der Waals surface area contributed by atoms with E-state index in [-0.39, 0.29) is 11.8 Å². The Morgan fingerprint density at radius 3 is 2.58 bits per heavy atom. The van der Waals surface area contributed by atoms with Gasteiger partial charge in [0.1, 0.15) is 5.54 Å². The molecule has 19 heavy (non-hydrogen) atoms. The molecule has 2 rings (SSSR count). The summed E-state index contributed by atoms with van der Waals surface area (Å²) in [6, 6.07) is 0. The molecular weight excluding hydrogens is 240 g/mol. The lowest BCUT2D eigenvalue weighted by molar-refractivity contribution is -0.138. The summed E-state index contributed by atoms with van der Waals surface area (Å²) >= 11 is 0. The van der Waals surface area contributed by atoms with Gasteiger partial charge in [-0.25, -0.2) is 0 Å². The van der Waals surface area contributed by atoms with E-state index in [1.54, 1.807) is 0 Å². The third kappa shape index (κ3) is 3.28. The first kappa shape index (κ1) is 14.4. The van der Waals surface area contributed by atoms with Crippen LogP contribution in [0.4, 0.5) is 0 Å². The highest BCUT2D eigenvalue weighted by Crippen LogP contribution is 2.33. The fraction of sp³-hybridized carbons (Fsp3) is 0.867. The van der Waals surface area contributed by atoms with Gasteiger partial charge < -0.3 is 10.2 Å². The number of unbranched alkanes of at least 4 members (excludes halogenated alkanes) is 3. The molecule has 0 aromatic heterocycles. The monoisotopic (exact) mass is 266 g/mol. The minimum Gasteiger partial charge on any atom is -0.342 e. The number of amides is 2. The van der Waals surface area contributed by atoms with Gasteiger partial charge in [-0.2, -0.15) is 0 Å². The zero-order valence-corrected chi connectivity index (χ0v) is 12.0. The predicted octanol–water partition coefficient (Wildman–Crippen LogP) is 2.23. The fourth-order valence-electron chi connectivity index (χ4n) is 3.28. The van der Waals surface area contributed by atoms with Gasteiger partial charge in [0.25, 0.3) is 0 Å². The molecule has 0 unspecified atom stereocenters. The van der Waals surface area contributed by atoms with Gasteiger partial charge in [-0.1, -0.05) is 39.0 Å². The van der Waals surface area contributed by atoms with Crippen molar-refractivity contribution in [2.75, 3.05) is 13.1 Å². The maximum Gasteiger partial charge on any atom is 0.248 e. The van der Waals surface area contributed by atoms with E-state index in [1.807, 2.05) is 4.90 Å². The van der Waals surface area contributed by atoms with E-state index in [2.05, 4.69) is 12.2 Å². The molecule has 1 aliphatic carbocycles. The summed E-state index contributed by atoms with van der Waals surface area (Å²) in [5, 5.41) is 3.01. The van der Waals surface area contributed by atoms with E-state index in [9.17, 15) is 9.59 Å². The van der Waals surface area contributed by atoms with Gasteiger partial charge in [-0.3, -0.25) is 9.59 Å². The fourth-order valence-corrected chi connectivity index (χ4v) is 3.28. The Kier molecular flexibility index (Phi) is 4.83. The van der Waals surface area contributed by atoms with Gasteiger partial charge in [0.05, 0.1) is 0 Å². The number of hydrogen-bond acceptors (Lipinski definition) is 2. The maximum atomic E-state index is 12.7. The van der Waals surface area contributed by atoms with Gasteiger partial charge in [-0.05, 0) is 19.3 Å². The topological polar surface area (TPSA) is 49.4 Å². The summed E-state index contributed by atoms with van der Waals surface area (Å²) in [6.45, 7) is 3.60. The predicted molar refractivity (Wildman–Crippen MR) is 74.7 cm³/mol. The van der Waals surface area contributed by atoms with Crippen molar-refractivity contribution in [1.29, 1.82) is 0 Å². The molecule has 1 aliphatic heterocycles. The Morgan fingerprint density at radius 2 is 1.89 bits per heavy atom. The highest BCUT2D eigenvalue weighted by atomic mass is 16.2. The number of nitrogens with one attached hydrogen (secondary N) is 1. The molecule has 4 heteroatoms. The molecule has 0 radical (unpaired) electrons. The molecule has 2 fully saturated rings. The van der Waals surface area contributed by atoms with Gasteiger partial charge in [-0.15, -0.1) is 0 Å². The number of nitrogens with zero attached hydrogens (tertiary/aromatic N) is 1. The Labute approximate surface area is 115 Å². The molecule has 1 heterocycles. The third-order valence-corrected chi connectivity index (χ3v) is 4.42. The molecule has 1 N–H and O–H groups in total. The largest absolute Gasteiger partial charge is 0.342 e. The second-order valence-corrected chi connectivity index (χ2v) is 5.94. The number of hydrogen-bond donors (Lipinski definition) is 1. The van der Waals surface area contributed by atoms with Crippen LogP contribution in [0.15, 0.2) is 0 Å². The first-order valence-electron chi connectivity index (χ1n) is 7.78. The summed E-state index contributed by atoms with van der Waals surface area (Å²) in [4.78, 5) is 26.4. The van der Waals surface area contributed by atoms with Crippen molar-refractivity contribution in [3.63, 3.8) is 0 Å². The Balaban J connectivity index is 1.98. The van der Waals surface area contributed by atoms with Crippen molar-refractivity contribution in [2.24, 2.45) is 0 Å². The highest BCUT2D eigenvalue weighted by Gasteiger charge is 2.46. The zero-order valence-electron chi connectivity index (χ0n) is 12.0. The van der Waals surface area contributed by atoms with E-state index in [4.69, 9.17) is 0 Å². The van der Waals surface area contributed by atoms with E-state index < -0.39 is 5.54 Å². The normalized spacial score (nSPS) is 22.7. The SMILES string of the molecule is CCCCCCN1CCC(=O)NC2(CCCC2)C1=O. The molecule has 1 spiro atoms. The van der Waals surface area contributed by atoms with Crippen LogP contribution < -0.4 is 5.32 Å². The first-order valence-corrected chi connectivity index (χ1v) is 7.78. The van der Waals surface area contributed by atoms with Gasteiger partial charge >= 0.3 is 0 Å². The van der Waals surface area contributed by atoms with Crippen LogP contribution in [-0.4, -0.2) is 35.3 Å². The van der Waals surface area contributed by atoms with Gasteiger partial charge in [0.2, 0.25) is 11.8 Å². The number of carbonyl (C=O) groups is 2. The first-order chi connectivity index (χ1) is 9.18. The molecule has 1 saturated carbocycles. The summed E-state index contributed by atoms with van der Waals surface area (Å²) in [7, 11) is 0. The Bertz CT molecular complexity index is 335. The van der Waals surface area contributed by atoms with Crippen molar-refractivity contribution in [3.8, 4) is 0 Å². The quantitative estimate of drug-likeness (QED) is 0.776. The van der Waals surface area contributed by atoms with Crippen molar-refractivity contribution >= 4 is 11.8 Å². The van der Waals surface area contributed by atoms with Gasteiger partial charge in [0, 0.05) is 19.5 Å². The summed E-state index contributed by atoms with van der Waals surface area (Å²) in [6.07, 6.45) is 8.87. The molecule has 2 aliphatic rings. The number of carbonyl (C=O) groups excluding carboxylic acids is 2. The van der Waals surface area contributed by atoms with E-state index in [0.717, 1.165) is 38.6 Å². The molecular formula is C15H26N2O2. The van der Waals surface area contributed by atoms with Crippen molar-refractivity contribution in [3.05, 3.63) is 0 Å². The van der Waals surface area contributed by atoms with Crippen LogP contribution in [0.25, 0.3) is 0 Å². The summed E-state index contributed by atoms with van der Waals surface area (Å²) < 4.78 is 0. The second kappa shape index (κ2) is 6.40.